The lowest BCUT2D eigenvalue weighted by molar-refractivity contribution is -0.385. The highest BCUT2D eigenvalue weighted by Crippen LogP contribution is 2.23. The van der Waals surface area contributed by atoms with Gasteiger partial charge in [-0.3, -0.25) is 14.8 Å². The van der Waals surface area contributed by atoms with E-state index < -0.39 is 4.92 Å². The second-order valence-electron chi connectivity index (χ2n) is 3.73. The minimum absolute atomic E-state index is 0.000415. The zero-order chi connectivity index (χ0) is 13.1. The number of aliphatic hydroxyl groups excluding tert-OH is 1. The summed E-state index contributed by atoms with van der Waals surface area (Å²) in [5.41, 5.74) is 1.13. The monoisotopic (exact) mass is 267 g/mol. The molecule has 0 aliphatic heterocycles. The molecule has 0 aliphatic carbocycles. The van der Waals surface area contributed by atoms with Crippen molar-refractivity contribution < 1.29 is 10.0 Å². The average Bonchev–Trinajstić information content (AvgIpc) is 2.76. The van der Waals surface area contributed by atoms with E-state index in [-0.39, 0.29) is 18.8 Å². The Hall–Kier alpha value is -1.92. The van der Waals surface area contributed by atoms with Crippen LogP contribution in [0.4, 0.5) is 5.69 Å². The first-order chi connectivity index (χ1) is 8.60. The van der Waals surface area contributed by atoms with Crippen molar-refractivity contribution in [1.82, 2.24) is 9.78 Å². The van der Waals surface area contributed by atoms with Gasteiger partial charge < -0.3 is 5.11 Å². The van der Waals surface area contributed by atoms with E-state index in [9.17, 15) is 10.1 Å². The van der Waals surface area contributed by atoms with Gasteiger partial charge in [-0.2, -0.15) is 5.10 Å². The highest BCUT2D eigenvalue weighted by atomic mass is 35.5. The van der Waals surface area contributed by atoms with Crippen molar-refractivity contribution in [1.29, 1.82) is 0 Å². The lowest BCUT2D eigenvalue weighted by atomic mass is 10.2. The van der Waals surface area contributed by atoms with Gasteiger partial charge in [0.05, 0.1) is 29.8 Å². The van der Waals surface area contributed by atoms with Crippen molar-refractivity contribution in [2.24, 2.45) is 0 Å². The smallest absolute Gasteiger partial charge is 0.274 e. The SMILES string of the molecule is O=[N+]([O-])c1ccc(Cl)cc1Cn1cc(CO)cn1. The van der Waals surface area contributed by atoms with Crippen LogP contribution < -0.4 is 0 Å². The highest BCUT2D eigenvalue weighted by molar-refractivity contribution is 6.30. The number of aliphatic hydroxyl groups is 1. The zero-order valence-corrected chi connectivity index (χ0v) is 10.0. The Morgan fingerprint density at radius 2 is 2.28 bits per heavy atom. The van der Waals surface area contributed by atoms with Gasteiger partial charge in [-0.15, -0.1) is 0 Å². The number of nitro benzene ring substituents is 1. The topological polar surface area (TPSA) is 81.2 Å². The van der Waals surface area contributed by atoms with Crippen LogP contribution in [-0.4, -0.2) is 19.8 Å². The number of nitro groups is 1. The second kappa shape index (κ2) is 5.16. The molecule has 0 radical (unpaired) electrons. The maximum absolute atomic E-state index is 10.9. The molecule has 0 fully saturated rings. The predicted molar refractivity (Wildman–Crippen MR) is 65.4 cm³/mol. The van der Waals surface area contributed by atoms with Crippen LogP contribution in [0.25, 0.3) is 0 Å². The number of aromatic nitrogens is 2. The number of hydrogen-bond donors (Lipinski definition) is 1. The van der Waals surface area contributed by atoms with Crippen LogP contribution in [-0.2, 0) is 13.2 Å². The molecular formula is C11H10ClN3O3. The molecule has 0 amide bonds. The first-order valence-corrected chi connectivity index (χ1v) is 5.53. The Bertz CT molecular complexity index is 583. The molecule has 7 heteroatoms. The van der Waals surface area contributed by atoms with Crippen LogP contribution in [0.5, 0.6) is 0 Å². The van der Waals surface area contributed by atoms with E-state index in [1.165, 1.54) is 23.0 Å². The lowest BCUT2D eigenvalue weighted by Gasteiger charge is -2.04. The zero-order valence-electron chi connectivity index (χ0n) is 9.28. The Labute approximate surface area is 108 Å². The molecule has 1 heterocycles. The third-order valence-corrected chi connectivity index (χ3v) is 2.67. The molecule has 0 aliphatic rings. The summed E-state index contributed by atoms with van der Waals surface area (Å²) >= 11 is 5.83. The number of hydrogen-bond acceptors (Lipinski definition) is 4. The molecule has 0 saturated heterocycles. The van der Waals surface area contributed by atoms with Crippen LogP contribution in [0.2, 0.25) is 5.02 Å². The number of halogens is 1. The quantitative estimate of drug-likeness (QED) is 0.678. The fourth-order valence-corrected chi connectivity index (χ4v) is 1.80. The van der Waals surface area contributed by atoms with Gasteiger partial charge in [-0.05, 0) is 12.1 Å². The maximum Gasteiger partial charge on any atom is 0.274 e. The van der Waals surface area contributed by atoms with E-state index in [4.69, 9.17) is 16.7 Å². The Morgan fingerprint density at radius 3 is 2.89 bits per heavy atom. The molecule has 0 unspecified atom stereocenters. The first-order valence-electron chi connectivity index (χ1n) is 5.15. The van der Waals surface area contributed by atoms with Crippen molar-refractivity contribution in [2.45, 2.75) is 13.2 Å². The second-order valence-corrected chi connectivity index (χ2v) is 4.17. The van der Waals surface area contributed by atoms with Gasteiger partial charge in [0.1, 0.15) is 0 Å². The maximum atomic E-state index is 10.9. The van der Waals surface area contributed by atoms with E-state index in [0.717, 1.165) is 0 Å². The predicted octanol–water partition coefficient (Wildman–Crippen LogP) is 1.99. The molecule has 18 heavy (non-hydrogen) atoms. The van der Waals surface area contributed by atoms with Gasteiger partial charge >= 0.3 is 0 Å². The summed E-state index contributed by atoms with van der Waals surface area (Å²) in [6.45, 7) is 0.120. The molecule has 0 saturated carbocycles. The summed E-state index contributed by atoms with van der Waals surface area (Å²) < 4.78 is 1.52. The van der Waals surface area contributed by atoms with Gasteiger partial charge in [-0.25, -0.2) is 0 Å². The molecule has 1 N–H and O–H groups in total. The third-order valence-electron chi connectivity index (χ3n) is 2.44. The molecular weight excluding hydrogens is 258 g/mol. The van der Waals surface area contributed by atoms with Crippen molar-refractivity contribution >= 4 is 17.3 Å². The molecule has 6 nitrogen and oxygen atoms in total. The van der Waals surface area contributed by atoms with Crippen molar-refractivity contribution in [3.05, 3.63) is 56.9 Å². The average molecular weight is 268 g/mol. The summed E-state index contributed by atoms with van der Waals surface area (Å²) in [5, 5.41) is 24.2. The summed E-state index contributed by atoms with van der Waals surface area (Å²) in [4.78, 5) is 10.4. The minimum Gasteiger partial charge on any atom is -0.392 e. The number of rotatable bonds is 4. The van der Waals surface area contributed by atoms with Crippen LogP contribution in [0.15, 0.2) is 30.6 Å². The van der Waals surface area contributed by atoms with Crippen LogP contribution in [0.1, 0.15) is 11.1 Å². The third kappa shape index (κ3) is 2.66. The normalized spacial score (nSPS) is 10.6. The summed E-state index contributed by atoms with van der Waals surface area (Å²) in [5.74, 6) is 0. The van der Waals surface area contributed by atoms with E-state index >= 15 is 0 Å². The van der Waals surface area contributed by atoms with E-state index in [0.29, 0.717) is 16.1 Å². The van der Waals surface area contributed by atoms with Crippen molar-refractivity contribution in [3.63, 3.8) is 0 Å². The van der Waals surface area contributed by atoms with Gasteiger partial charge in [0, 0.05) is 22.8 Å². The molecule has 0 atom stereocenters. The van der Waals surface area contributed by atoms with Gasteiger partial charge in [0.15, 0.2) is 0 Å². The molecule has 0 spiro atoms. The summed E-state index contributed by atoms with van der Waals surface area (Å²) in [7, 11) is 0. The van der Waals surface area contributed by atoms with E-state index in [1.807, 2.05) is 0 Å². The van der Waals surface area contributed by atoms with Gasteiger partial charge in [0.25, 0.3) is 5.69 Å². The van der Waals surface area contributed by atoms with Crippen LogP contribution in [0.3, 0.4) is 0 Å². The summed E-state index contributed by atoms with van der Waals surface area (Å²) in [6.07, 6.45) is 3.14. The molecule has 2 rings (SSSR count). The first kappa shape index (κ1) is 12.5. The van der Waals surface area contributed by atoms with E-state index in [1.54, 1.807) is 12.3 Å². The summed E-state index contributed by atoms with van der Waals surface area (Å²) in [6, 6.07) is 4.39. The van der Waals surface area contributed by atoms with Crippen molar-refractivity contribution in [2.75, 3.05) is 0 Å². The molecule has 2 aromatic rings. The lowest BCUT2D eigenvalue weighted by Crippen LogP contribution is -2.03. The minimum atomic E-state index is -0.456. The highest BCUT2D eigenvalue weighted by Gasteiger charge is 2.14. The van der Waals surface area contributed by atoms with E-state index in [2.05, 4.69) is 5.10 Å². The van der Waals surface area contributed by atoms with Crippen molar-refractivity contribution in [3.8, 4) is 0 Å². The van der Waals surface area contributed by atoms with Crippen LogP contribution in [0, 0.1) is 10.1 Å². The molecule has 1 aromatic heterocycles. The fourth-order valence-electron chi connectivity index (χ4n) is 1.61. The van der Waals surface area contributed by atoms with Gasteiger partial charge in [-0.1, -0.05) is 11.6 Å². The van der Waals surface area contributed by atoms with Gasteiger partial charge in [0.2, 0.25) is 0 Å². The Morgan fingerprint density at radius 1 is 1.50 bits per heavy atom. The molecule has 94 valence electrons. The fraction of sp³-hybridized carbons (Fsp3) is 0.182. The molecule has 1 aromatic carbocycles. The number of nitrogens with zero attached hydrogens (tertiary/aromatic N) is 3. The van der Waals surface area contributed by atoms with Crippen LogP contribution >= 0.6 is 11.6 Å². The largest absolute Gasteiger partial charge is 0.392 e. The molecule has 0 bridgehead atoms. The number of benzene rings is 1. The Balaban J connectivity index is 2.32. The Kier molecular flexibility index (Phi) is 3.59. The standard InChI is InChI=1S/C11H10ClN3O3/c12-10-1-2-11(15(17)18)9(3-10)6-14-5-8(7-16)4-13-14/h1-5,16H,6-7H2.